The second-order valence-electron chi connectivity index (χ2n) is 3.00. The van der Waals surface area contributed by atoms with E-state index in [0.717, 1.165) is 0 Å². The zero-order chi connectivity index (χ0) is 11.3. The van der Waals surface area contributed by atoms with E-state index >= 15 is 0 Å². The Bertz CT molecular complexity index is 388. The van der Waals surface area contributed by atoms with E-state index in [9.17, 15) is 4.79 Å². The molecule has 0 heterocycles. The second-order valence-corrected chi connectivity index (χ2v) is 3.41. The van der Waals surface area contributed by atoms with Gasteiger partial charge < -0.3 is 10.4 Å². The van der Waals surface area contributed by atoms with Crippen LogP contribution >= 0.6 is 11.6 Å². The Balaban J connectivity index is 2.95. The molecule has 0 atom stereocenters. The average molecular weight is 226 g/mol. The lowest BCUT2D eigenvalue weighted by Crippen LogP contribution is -2.03. The predicted molar refractivity (Wildman–Crippen MR) is 61.4 cm³/mol. The SMILES string of the molecule is CNCC=Cc1cc(C(=O)O)ccc1Cl. The number of rotatable bonds is 4. The van der Waals surface area contributed by atoms with Crippen LogP contribution in [0.25, 0.3) is 6.08 Å². The minimum atomic E-state index is -0.949. The predicted octanol–water partition coefficient (Wildman–Crippen LogP) is 2.27. The van der Waals surface area contributed by atoms with Crippen molar-refractivity contribution in [2.45, 2.75) is 0 Å². The van der Waals surface area contributed by atoms with Gasteiger partial charge in [0.25, 0.3) is 0 Å². The largest absolute Gasteiger partial charge is 0.478 e. The van der Waals surface area contributed by atoms with E-state index in [1.807, 2.05) is 13.1 Å². The van der Waals surface area contributed by atoms with Crippen molar-refractivity contribution in [2.24, 2.45) is 0 Å². The van der Waals surface area contributed by atoms with Crippen molar-refractivity contribution in [3.63, 3.8) is 0 Å². The minimum absolute atomic E-state index is 0.239. The van der Waals surface area contributed by atoms with Gasteiger partial charge in [0.1, 0.15) is 0 Å². The van der Waals surface area contributed by atoms with Gasteiger partial charge in [0.2, 0.25) is 0 Å². The number of benzene rings is 1. The Kier molecular flexibility index (Phi) is 4.34. The fourth-order valence-electron chi connectivity index (χ4n) is 1.11. The molecule has 80 valence electrons. The number of likely N-dealkylation sites (N-methyl/N-ethyl adjacent to an activating group) is 1. The molecule has 1 rings (SSSR count). The van der Waals surface area contributed by atoms with E-state index in [0.29, 0.717) is 17.1 Å². The number of hydrogen-bond acceptors (Lipinski definition) is 2. The van der Waals surface area contributed by atoms with Crippen LogP contribution in [0, 0.1) is 0 Å². The highest BCUT2D eigenvalue weighted by molar-refractivity contribution is 6.32. The van der Waals surface area contributed by atoms with Crippen LogP contribution < -0.4 is 5.32 Å². The zero-order valence-corrected chi connectivity index (χ0v) is 9.08. The third-order valence-electron chi connectivity index (χ3n) is 1.86. The van der Waals surface area contributed by atoms with Gasteiger partial charge in [-0.2, -0.15) is 0 Å². The monoisotopic (exact) mass is 225 g/mol. The first kappa shape index (κ1) is 11.8. The van der Waals surface area contributed by atoms with Gasteiger partial charge in [-0.3, -0.25) is 0 Å². The highest BCUT2D eigenvalue weighted by Crippen LogP contribution is 2.19. The summed E-state index contributed by atoms with van der Waals surface area (Å²) in [7, 11) is 1.83. The third kappa shape index (κ3) is 3.38. The van der Waals surface area contributed by atoms with Crippen molar-refractivity contribution in [1.29, 1.82) is 0 Å². The number of hydrogen-bond donors (Lipinski definition) is 2. The summed E-state index contributed by atoms with van der Waals surface area (Å²) in [5, 5.41) is 12.3. The second kappa shape index (κ2) is 5.53. The van der Waals surface area contributed by atoms with Crippen molar-refractivity contribution < 1.29 is 9.90 Å². The van der Waals surface area contributed by atoms with E-state index < -0.39 is 5.97 Å². The quantitative estimate of drug-likeness (QED) is 0.827. The Morgan fingerprint density at radius 1 is 1.60 bits per heavy atom. The molecular formula is C11H12ClNO2. The summed E-state index contributed by atoms with van der Waals surface area (Å²) in [4.78, 5) is 10.7. The first-order chi connectivity index (χ1) is 7.15. The molecule has 1 aromatic carbocycles. The van der Waals surface area contributed by atoms with Gasteiger partial charge in [0, 0.05) is 11.6 Å². The number of carboxylic acids is 1. The maximum absolute atomic E-state index is 10.7. The maximum Gasteiger partial charge on any atom is 0.335 e. The molecule has 0 aliphatic heterocycles. The maximum atomic E-state index is 10.7. The van der Waals surface area contributed by atoms with Crippen molar-refractivity contribution in [3.8, 4) is 0 Å². The topological polar surface area (TPSA) is 49.3 Å². The van der Waals surface area contributed by atoms with Crippen LogP contribution in [-0.4, -0.2) is 24.7 Å². The van der Waals surface area contributed by atoms with Gasteiger partial charge in [-0.25, -0.2) is 4.79 Å². The highest BCUT2D eigenvalue weighted by atomic mass is 35.5. The summed E-state index contributed by atoms with van der Waals surface area (Å²) in [6.45, 7) is 0.716. The molecule has 0 radical (unpaired) electrons. The minimum Gasteiger partial charge on any atom is -0.478 e. The number of carboxylic acid groups (broad SMARTS) is 1. The molecule has 0 aliphatic rings. The van der Waals surface area contributed by atoms with Gasteiger partial charge in [-0.15, -0.1) is 0 Å². The summed E-state index contributed by atoms with van der Waals surface area (Å²) in [5.74, 6) is -0.949. The van der Waals surface area contributed by atoms with Crippen LogP contribution in [0.4, 0.5) is 0 Å². The third-order valence-corrected chi connectivity index (χ3v) is 2.21. The zero-order valence-electron chi connectivity index (χ0n) is 8.33. The summed E-state index contributed by atoms with van der Waals surface area (Å²) in [6, 6.07) is 4.63. The van der Waals surface area contributed by atoms with E-state index in [1.165, 1.54) is 6.07 Å². The fraction of sp³-hybridized carbons (Fsp3) is 0.182. The van der Waals surface area contributed by atoms with E-state index in [2.05, 4.69) is 5.32 Å². The van der Waals surface area contributed by atoms with Crippen molar-refractivity contribution in [3.05, 3.63) is 40.4 Å². The van der Waals surface area contributed by atoms with Crippen LogP contribution in [0.1, 0.15) is 15.9 Å². The Labute approximate surface area is 93.4 Å². The average Bonchev–Trinajstić information content (AvgIpc) is 2.20. The summed E-state index contributed by atoms with van der Waals surface area (Å²) < 4.78 is 0. The molecule has 0 aliphatic carbocycles. The van der Waals surface area contributed by atoms with Crippen LogP contribution in [0.2, 0.25) is 5.02 Å². The number of nitrogens with one attached hydrogen (secondary N) is 1. The molecule has 0 saturated carbocycles. The van der Waals surface area contributed by atoms with Crippen LogP contribution in [0.3, 0.4) is 0 Å². The lowest BCUT2D eigenvalue weighted by Gasteiger charge is -2.00. The molecule has 1 aromatic rings. The fourth-order valence-corrected chi connectivity index (χ4v) is 1.29. The summed E-state index contributed by atoms with van der Waals surface area (Å²) in [6.07, 6.45) is 3.68. The van der Waals surface area contributed by atoms with Crippen LogP contribution in [-0.2, 0) is 0 Å². The molecule has 0 fully saturated rings. The molecule has 0 bridgehead atoms. The summed E-state index contributed by atoms with van der Waals surface area (Å²) in [5.41, 5.74) is 0.954. The van der Waals surface area contributed by atoms with Gasteiger partial charge in [-0.05, 0) is 30.8 Å². The number of halogens is 1. The molecular weight excluding hydrogens is 214 g/mol. The van der Waals surface area contributed by atoms with Crippen LogP contribution in [0.15, 0.2) is 24.3 Å². The van der Waals surface area contributed by atoms with E-state index in [4.69, 9.17) is 16.7 Å². The lowest BCUT2D eigenvalue weighted by molar-refractivity contribution is 0.0697. The van der Waals surface area contributed by atoms with Crippen molar-refractivity contribution in [1.82, 2.24) is 5.32 Å². The molecule has 0 saturated heterocycles. The van der Waals surface area contributed by atoms with Crippen molar-refractivity contribution >= 4 is 23.6 Å². The Morgan fingerprint density at radius 2 is 2.33 bits per heavy atom. The van der Waals surface area contributed by atoms with Crippen LogP contribution in [0.5, 0.6) is 0 Å². The first-order valence-corrected chi connectivity index (χ1v) is 4.87. The van der Waals surface area contributed by atoms with Gasteiger partial charge >= 0.3 is 5.97 Å². The van der Waals surface area contributed by atoms with Gasteiger partial charge in [0.15, 0.2) is 0 Å². The molecule has 3 nitrogen and oxygen atoms in total. The van der Waals surface area contributed by atoms with Gasteiger partial charge in [-0.1, -0.05) is 23.8 Å². The first-order valence-electron chi connectivity index (χ1n) is 4.49. The normalized spacial score (nSPS) is 10.8. The highest BCUT2D eigenvalue weighted by Gasteiger charge is 2.04. The molecule has 0 spiro atoms. The number of carbonyl (C=O) groups is 1. The molecule has 4 heteroatoms. The molecule has 0 unspecified atom stereocenters. The molecule has 0 aromatic heterocycles. The molecule has 2 N–H and O–H groups in total. The smallest absolute Gasteiger partial charge is 0.335 e. The summed E-state index contributed by atoms with van der Waals surface area (Å²) >= 11 is 5.92. The lowest BCUT2D eigenvalue weighted by atomic mass is 10.1. The molecule has 15 heavy (non-hydrogen) atoms. The molecule has 0 amide bonds. The van der Waals surface area contributed by atoms with E-state index in [-0.39, 0.29) is 5.56 Å². The number of aromatic carboxylic acids is 1. The Morgan fingerprint density at radius 3 is 2.93 bits per heavy atom. The van der Waals surface area contributed by atoms with E-state index in [1.54, 1.807) is 18.2 Å². The Hall–Kier alpha value is -1.32. The van der Waals surface area contributed by atoms with Crippen molar-refractivity contribution in [2.75, 3.05) is 13.6 Å². The van der Waals surface area contributed by atoms with Gasteiger partial charge in [0.05, 0.1) is 5.56 Å². The standard InChI is InChI=1S/C11H12ClNO2/c1-13-6-2-3-8-7-9(11(14)15)4-5-10(8)12/h2-5,7,13H,6H2,1H3,(H,14,15).